The summed E-state index contributed by atoms with van der Waals surface area (Å²) in [7, 11) is 1.67. The number of nitrogen functional groups attached to an aromatic ring is 1. The van der Waals surface area contributed by atoms with Crippen LogP contribution in [0.15, 0.2) is 18.3 Å². The number of nitrogens with two attached hydrogens (primary N) is 1. The number of nitrogens with one attached hydrogen (secondary N) is 2. The maximum atomic E-state index is 5.48. The van der Waals surface area contributed by atoms with Crippen LogP contribution in [0.25, 0.3) is 0 Å². The van der Waals surface area contributed by atoms with Gasteiger partial charge < -0.3 is 15.8 Å². The van der Waals surface area contributed by atoms with E-state index in [2.05, 4.69) is 25.5 Å². The quantitative estimate of drug-likeness (QED) is 0.704. The van der Waals surface area contributed by atoms with E-state index >= 15 is 0 Å². The Kier molecular flexibility index (Phi) is 3.51. The van der Waals surface area contributed by atoms with Gasteiger partial charge in [0.15, 0.2) is 5.82 Å². The lowest BCUT2D eigenvalue weighted by Crippen LogP contribution is -1.99. The maximum absolute atomic E-state index is 5.48. The Morgan fingerprint density at radius 3 is 3.12 bits per heavy atom. The van der Waals surface area contributed by atoms with Crippen molar-refractivity contribution in [3.05, 3.63) is 24.0 Å². The molecule has 0 spiro atoms. The lowest BCUT2D eigenvalue weighted by atomic mass is 10.3. The second-order valence-electron chi connectivity index (χ2n) is 3.45. The predicted octanol–water partition coefficient (Wildman–Crippen LogP) is 0.714. The van der Waals surface area contributed by atoms with E-state index in [1.807, 2.05) is 6.07 Å². The van der Waals surface area contributed by atoms with Gasteiger partial charge in [0.05, 0.1) is 6.61 Å². The molecule has 0 aliphatic rings. The van der Waals surface area contributed by atoms with E-state index in [1.54, 1.807) is 19.4 Å². The highest BCUT2D eigenvalue weighted by Gasteiger charge is 2.02. The minimum atomic E-state index is 0.227. The van der Waals surface area contributed by atoms with Crippen molar-refractivity contribution in [2.24, 2.45) is 0 Å². The molecule has 2 aromatic rings. The van der Waals surface area contributed by atoms with Crippen LogP contribution in [0.1, 0.15) is 5.69 Å². The highest BCUT2D eigenvalue weighted by atomic mass is 16.5. The van der Waals surface area contributed by atoms with Crippen LogP contribution < -0.4 is 11.1 Å². The van der Waals surface area contributed by atoms with Crippen molar-refractivity contribution in [3.8, 4) is 0 Å². The van der Waals surface area contributed by atoms with Crippen LogP contribution in [0.5, 0.6) is 0 Å². The fourth-order valence-corrected chi connectivity index (χ4v) is 1.34. The Bertz CT molecular complexity index is 483. The first-order valence-electron chi connectivity index (χ1n) is 5.16. The number of anilines is 3. The van der Waals surface area contributed by atoms with Crippen molar-refractivity contribution >= 4 is 17.6 Å². The molecule has 17 heavy (non-hydrogen) atoms. The van der Waals surface area contributed by atoms with Gasteiger partial charge in [0.1, 0.15) is 5.82 Å². The summed E-state index contributed by atoms with van der Waals surface area (Å²) in [6.07, 6.45) is 2.38. The van der Waals surface area contributed by atoms with Crippen LogP contribution in [0.3, 0.4) is 0 Å². The van der Waals surface area contributed by atoms with Gasteiger partial charge in [-0.1, -0.05) is 0 Å². The molecular weight excluding hydrogens is 220 g/mol. The van der Waals surface area contributed by atoms with Crippen LogP contribution in [-0.2, 0) is 11.2 Å². The molecule has 7 heteroatoms. The monoisotopic (exact) mass is 234 g/mol. The van der Waals surface area contributed by atoms with Crippen molar-refractivity contribution in [2.75, 3.05) is 24.8 Å². The van der Waals surface area contributed by atoms with E-state index in [4.69, 9.17) is 10.5 Å². The highest BCUT2D eigenvalue weighted by Crippen LogP contribution is 2.13. The van der Waals surface area contributed by atoms with Gasteiger partial charge in [-0.3, -0.25) is 5.10 Å². The Morgan fingerprint density at radius 2 is 2.35 bits per heavy atom. The van der Waals surface area contributed by atoms with Gasteiger partial charge in [-0.15, -0.1) is 0 Å². The van der Waals surface area contributed by atoms with Gasteiger partial charge >= 0.3 is 0 Å². The Labute approximate surface area is 98.4 Å². The van der Waals surface area contributed by atoms with Crippen LogP contribution in [-0.4, -0.2) is 33.9 Å². The third-order valence-corrected chi connectivity index (χ3v) is 2.14. The number of ether oxygens (including phenoxy) is 1. The molecule has 0 saturated carbocycles. The van der Waals surface area contributed by atoms with Crippen molar-refractivity contribution in [1.29, 1.82) is 0 Å². The van der Waals surface area contributed by atoms with E-state index in [0.29, 0.717) is 18.2 Å². The highest BCUT2D eigenvalue weighted by molar-refractivity contribution is 5.52. The first-order valence-corrected chi connectivity index (χ1v) is 5.16. The van der Waals surface area contributed by atoms with E-state index < -0.39 is 0 Å². The smallest absolute Gasteiger partial charge is 0.221 e. The molecule has 90 valence electrons. The molecule has 7 nitrogen and oxygen atoms in total. The largest absolute Gasteiger partial charge is 0.384 e. The molecule has 0 radical (unpaired) electrons. The van der Waals surface area contributed by atoms with E-state index in [9.17, 15) is 0 Å². The first-order chi connectivity index (χ1) is 8.28. The molecule has 0 saturated heterocycles. The summed E-state index contributed by atoms with van der Waals surface area (Å²) < 4.78 is 4.98. The lowest BCUT2D eigenvalue weighted by Gasteiger charge is -2.00. The molecule has 0 aliphatic carbocycles. The number of rotatable bonds is 5. The van der Waals surface area contributed by atoms with Gasteiger partial charge in [0, 0.05) is 31.5 Å². The lowest BCUT2D eigenvalue weighted by molar-refractivity contribution is 0.201. The molecule has 2 rings (SSSR count). The molecule has 0 aliphatic heterocycles. The third kappa shape index (κ3) is 3.15. The maximum Gasteiger partial charge on any atom is 0.221 e. The molecule has 0 aromatic carbocycles. The fraction of sp³-hybridized carbons (Fsp3) is 0.300. The second kappa shape index (κ2) is 5.26. The van der Waals surface area contributed by atoms with Gasteiger partial charge in [-0.2, -0.15) is 10.1 Å². The summed E-state index contributed by atoms with van der Waals surface area (Å²) in [6.45, 7) is 0.655. The van der Waals surface area contributed by atoms with Gasteiger partial charge in [0.25, 0.3) is 0 Å². The summed E-state index contributed by atoms with van der Waals surface area (Å²) in [5.41, 5.74) is 6.47. The summed E-state index contributed by atoms with van der Waals surface area (Å²) in [4.78, 5) is 7.83. The SMILES string of the molecule is COCCc1cc(Nc2ccnc(N)n2)n[nH]1. The Balaban J connectivity index is 2.01. The van der Waals surface area contributed by atoms with Crippen molar-refractivity contribution < 1.29 is 4.74 Å². The number of aromatic amines is 1. The number of aromatic nitrogens is 4. The Hall–Kier alpha value is -2.15. The number of methoxy groups -OCH3 is 1. The summed E-state index contributed by atoms with van der Waals surface area (Å²) in [5, 5.41) is 10.0. The van der Waals surface area contributed by atoms with E-state index in [1.165, 1.54) is 0 Å². The summed E-state index contributed by atoms with van der Waals surface area (Å²) >= 11 is 0. The summed E-state index contributed by atoms with van der Waals surface area (Å²) in [5.74, 6) is 1.53. The number of hydrogen-bond donors (Lipinski definition) is 3. The molecule has 4 N–H and O–H groups in total. The molecule has 2 heterocycles. The molecule has 0 atom stereocenters. The number of H-pyrrole nitrogens is 1. The number of nitrogens with zero attached hydrogens (tertiary/aromatic N) is 3. The van der Waals surface area contributed by atoms with Crippen LogP contribution in [0, 0.1) is 0 Å². The molecule has 0 unspecified atom stereocenters. The second-order valence-corrected chi connectivity index (χ2v) is 3.45. The molecule has 0 bridgehead atoms. The summed E-state index contributed by atoms with van der Waals surface area (Å²) in [6, 6.07) is 3.62. The van der Waals surface area contributed by atoms with Crippen molar-refractivity contribution in [3.63, 3.8) is 0 Å². The first kappa shape index (κ1) is 11.3. The molecular formula is C10H14N6O. The zero-order chi connectivity index (χ0) is 12.1. The van der Waals surface area contributed by atoms with Gasteiger partial charge in [0.2, 0.25) is 5.95 Å². The fourth-order valence-electron chi connectivity index (χ4n) is 1.34. The third-order valence-electron chi connectivity index (χ3n) is 2.14. The van der Waals surface area contributed by atoms with Crippen LogP contribution >= 0.6 is 0 Å². The van der Waals surface area contributed by atoms with Gasteiger partial charge in [-0.25, -0.2) is 4.98 Å². The predicted molar refractivity (Wildman–Crippen MR) is 63.9 cm³/mol. The minimum Gasteiger partial charge on any atom is -0.384 e. The minimum absolute atomic E-state index is 0.227. The average molecular weight is 234 g/mol. The average Bonchev–Trinajstić information content (AvgIpc) is 2.74. The van der Waals surface area contributed by atoms with E-state index in [0.717, 1.165) is 12.1 Å². The van der Waals surface area contributed by atoms with Crippen molar-refractivity contribution in [2.45, 2.75) is 6.42 Å². The standard InChI is InChI=1S/C10H14N6O/c1-17-5-3-7-6-9(16-15-7)13-8-2-4-12-10(11)14-8/h2,4,6H,3,5H2,1H3,(H4,11,12,13,14,15,16). The zero-order valence-corrected chi connectivity index (χ0v) is 9.47. The normalized spacial score (nSPS) is 10.4. The number of hydrogen-bond acceptors (Lipinski definition) is 6. The van der Waals surface area contributed by atoms with E-state index in [-0.39, 0.29) is 5.95 Å². The molecule has 2 aromatic heterocycles. The Morgan fingerprint density at radius 1 is 1.47 bits per heavy atom. The molecule has 0 fully saturated rings. The van der Waals surface area contributed by atoms with Crippen LogP contribution in [0.2, 0.25) is 0 Å². The topological polar surface area (TPSA) is 102 Å². The molecule has 0 amide bonds. The van der Waals surface area contributed by atoms with Crippen molar-refractivity contribution in [1.82, 2.24) is 20.2 Å². The van der Waals surface area contributed by atoms with Gasteiger partial charge in [-0.05, 0) is 6.07 Å². The van der Waals surface area contributed by atoms with Crippen LogP contribution in [0.4, 0.5) is 17.6 Å². The zero-order valence-electron chi connectivity index (χ0n) is 9.47.